The molecule has 0 aliphatic heterocycles. The van der Waals surface area contributed by atoms with Crippen LogP contribution in [0.15, 0.2) is 11.4 Å². The predicted octanol–water partition coefficient (Wildman–Crippen LogP) is 2.80. The SMILES string of the molecule is Cc1sccc1CCl. The second-order valence-corrected chi connectivity index (χ2v) is 3.02. The minimum atomic E-state index is 0.648. The maximum atomic E-state index is 5.58. The third kappa shape index (κ3) is 1.04. The molecule has 0 saturated heterocycles. The van der Waals surface area contributed by atoms with Crippen LogP contribution in [0.5, 0.6) is 0 Å². The summed E-state index contributed by atoms with van der Waals surface area (Å²) in [5.41, 5.74) is 1.26. The summed E-state index contributed by atoms with van der Waals surface area (Å²) in [5, 5.41) is 2.06. The van der Waals surface area contributed by atoms with E-state index in [1.807, 2.05) is 0 Å². The fraction of sp³-hybridized carbons (Fsp3) is 0.333. The van der Waals surface area contributed by atoms with Crippen molar-refractivity contribution in [1.29, 1.82) is 0 Å². The van der Waals surface area contributed by atoms with Crippen molar-refractivity contribution in [1.82, 2.24) is 0 Å². The van der Waals surface area contributed by atoms with E-state index in [1.165, 1.54) is 10.4 Å². The van der Waals surface area contributed by atoms with Crippen LogP contribution < -0.4 is 0 Å². The first kappa shape index (κ1) is 6.12. The molecular formula is C6H7ClS. The van der Waals surface area contributed by atoms with Crippen LogP contribution in [-0.2, 0) is 5.88 Å². The van der Waals surface area contributed by atoms with Crippen LogP contribution in [0, 0.1) is 6.92 Å². The predicted molar refractivity (Wildman–Crippen MR) is 38.6 cm³/mol. The van der Waals surface area contributed by atoms with E-state index in [9.17, 15) is 0 Å². The number of hydrogen-bond acceptors (Lipinski definition) is 1. The molecule has 44 valence electrons. The topological polar surface area (TPSA) is 0 Å². The van der Waals surface area contributed by atoms with Crippen LogP contribution in [0.25, 0.3) is 0 Å². The summed E-state index contributed by atoms with van der Waals surface area (Å²) in [6.07, 6.45) is 0. The van der Waals surface area contributed by atoms with Gasteiger partial charge in [0.15, 0.2) is 0 Å². The van der Waals surface area contributed by atoms with Crippen LogP contribution in [0.3, 0.4) is 0 Å². The van der Waals surface area contributed by atoms with Gasteiger partial charge >= 0.3 is 0 Å². The summed E-state index contributed by atoms with van der Waals surface area (Å²) in [7, 11) is 0. The Balaban J connectivity index is 2.92. The fourth-order valence-corrected chi connectivity index (χ4v) is 1.65. The van der Waals surface area contributed by atoms with E-state index in [4.69, 9.17) is 11.6 Å². The number of alkyl halides is 1. The maximum absolute atomic E-state index is 5.58. The van der Waals surface area contributed by atoms with Crippen molar-refractivity contribution in [2.24, 2.45) is 0 Å². The molecule has 0 aliphatic carbocycles. The number of halogens is 1. The Kier molecular flexibility index (Phi) is 1.92. The molecular weight excluding hydrogens is 140 g/mol. The zero-order chi connectivity index (χ0) is 5.98. The van der Waals surface area contributed by atoms with E-state index in [-0.39, 0.29) is 0 Å². The first-order chi connectivity index (χ1) is 3.84. The monoisotopic (exact) mass is 146 g/mol. The highest BCUT2D eigenvalue weighted by atomic mass is 35.5. The smallest absolute Gasteiger partial charge is 0.0484 e. The van der Waals surface area contributed by atoms with Gasteiger partial charge in [-0.1, -0.05) is 0 Å². The van der Waals surface area contributed by atoms with Gasteiger partial charge < -0.3 is 0 Å². The van der Waals surface area contributed by atoms with E-state index >= 15 is 0 Å². The minimum Gasteiger partial charge on any atom is -0.149 e. The molecule has 0 atom stereocenters. The Morgan fingerprint density at radius 3 is 2.75 bits per heavy atom. The molecule has 0 spiro atoms. The second kappa shape index (κ2) is 2.51. The molecule has 0 unspecified atom stereocenters. The largest absolute Gasteiger partial charge is 0.149 e. The molecule has 0 fully saturated rings. The van der Waals surface area contributed by atoms with Crippen LogP contribution in [0.2, 0.25) is 0 Å². The first-order valence-electron chi connectivity index (χ1n) is 2.43. The summed E-state index contributed by atoms with van der Waals surface area (Å²) in [6, 6.07) is 2.06. The Morgan fingerprint density at radius 1 is 1.75 bits per heavy atom. The molecule has 2 heteroatoms. The van der Waals surface area contributed by atoms with Crippen LogP contribution >= 0.6 is 22.9 Å². The quantitative estimate of drug-likeness (QED) is 0.535. The van der Waals surface area contributed by atoms with Crippen molar-refractivity contribution >= 4 is 22.9 Å². The molecule has 0 aromatic carbocycles. The molecule has 8 heavy (non-hydrogen) atoms. The second-order valence-electron chi connectivity index (χ2n) is 1.64. The average Bonchev–Trinajstić information content (AvgIpc) is 2.14. The van der Waals surface area contributed by atoms with Crippen molar-refractivity contribution in [2.75, 3.05) is 0 Å². The standard InChI is InChI=1S/C6H7ClS/c1-5-6(4-7)2-3-8-5/h2-3H,4H2,1H3. The number of hydrogen-bond donors (Lipinski definition) is 0. The fourth-order valence-electron chi connectivity index (χ4n) is 0.550. The molecule has 1 heterocycles. The Bertz CT molecular complexity index is 169. The normalized spacial score (nSPS) is 9.75. The van der Waals surface area contributed by atoms with Gasteiger partial charge in [-0.05, 0) is 23.9 Å². The lowest BCUT2D eigenvalue weighted by Crippen LogP contribution is -1.71. The molecule has 1 rings (SSSR count). The molecule has 1 aromatic heterocycles. The summed E-state index contributed by atoms with van der Waals surface area (Å²) < 4.78 is 0. The highest BCUT2D eigenvalue weighted by molar-refractivity contribution is 7.10. The Morgan fingerprint density at radius 2 is 2.50 bits per heavy atom. The van der Waals surface area contributed by atoms with E-state index in [2.05, 4.69) is 18.4 Å². The van der Waals surface area contributed by atoms with Gasteiger partial charge in [0, 0.05) is 10.8 Å². The van der Waals surface area contributed by atoms with E-state index in [0.29, 0.717) is 5.88 Å². The minimum absolute atomic E-state index is 0.648. The van der Waals surface area contributed by atoms with Crippen molar-refractivity contribution in [3.63, 3.8) is 0 Å². The number of thiophene rings is 1. The van der Waals surface area contributed by atoms with Crippen molar-refractivity contribution < 1.29 is 0 Å². The Labute approximate surface area is 58.1 Å². The van der Waals surface area contributed by atoms with Gasteiger partial charge in [-0.3, -0.25) is 0 Å². The van der Waals surface area contributed by atoms with E-state index in [0.717, 1.165) is 0 Å². The molecule has 0 radical (unpaired) electrons. The van der Waals surface area contributed by atoms with Gasteiger partial charge in [-0.2, -0.15) is 0 Å². The van der Waals surface area contributed by atoms with Gasteiger partial charge in [0.2, 0.25) is 0 Å². The zero-order valence-corrected chi connectivity index (χ0v) is 6.22. The summed E-state index contributed by atoms with van der Waals surface area (Å²) >= 11 is 7.32. The van der Waals surface area contributed by atoms with E-state index in [1.54, 1.807) is 11.3 Å². The molecule has 1 aromatic rings. The average molecular weight is 147 g/mol. The molecule has 0 N–H and O–H groups in total. The first-order valence-corrected chi connectivity index (χ1v) is 3.85. The number of rotatable bonds is 1. The van der Waals surface area contributed by atoms with Gasteiger partial charge in [-0.15, -0.1) is 22.9 Å². The zero-order valence-electron chi connectivity index (χ0n) is 4.65. The lowest BCUT2D eigenvalue weighted by molar-refractivity contribution is 1.38. The van der Waals surface area contributed by atoms with Crippen LogP contribution in [0.1, 0.15) is 10.4 Å². The molecule has 0 nitrogen and oxygen atoms in total. The number of aryl methyl sites for hydroxylation is 1. The molecule has 0 amide bonds. The van der Waals surface area contributed by atoms with E-state index < -0.39 is 0 Å². The van der Waals surface area contributed by atoms with Crippen molar-refractivity contribution in [3.05, 3.63) is 21.9 Å². The molecule has 0 saturated carbocycles. The van der Waals surface area contributed by atoms with Gasteiger partial charge in [0.05, 0.1) is 0 Å². The van der Waals surface area contributed by atoms with Gasteiger partial charge in [-0.25, -0.2) is 0 Å². The van der Waals surface area contributed by atoms with Crippen LogP contribution in [-0.4, -0.2) is 0 Å². The highest BCUT2D eigenvalue weighted by Crippen LogP contribution is 2.16. The van der Waals surface area contributed by atoms with Crippen molar-refractivity contribution in [2.45, 2.75) is 12.8 Å². The summed E-state index contributed by atoms with van der Waals surface area (Å²) in [5.74, 6) is 0.648. The molecule has 0 bridgehead atoms. The third-order valence-corrected chi connectivity index (χ3v) is 2.29. The maximum Gasteiger partial charge on any atom is 0.0484 e. The highest BCUT2D eigenvalue weighted by Gasteiger charge is 1.93. The van der Waals surface area contributed by atoms with Crippen molar-refractivity contribution in [3.8, 4) is 0 Å². The third-order valence-electron chi connectivity index (χ3n) is 1.11. The lowest BCUT2D eigenvalue weighted by atomic mass is 10.3. The lowest BCUT2D eigenvalue weighted by Gasteiger charge is -1.86. The summed E-state index contributed by atoms with van der Waals surface area (Å²) in [6.45, 7) is 2.09. The summed E-state index contributed by atoms with van der Waals surface area (Å²) in [4.78, 5) is 1.33. The molecule has 0 aliphatic rings. The van der Waals surface area contributed by atoms with Gasteiger partial charge in [0.25, 0.3) is 0 Å². The van der Waals surface area contributed by atoms with Gasteiger partial charge in [0.1, 0.15) is 0 Å². The Hall–Kier alpha value is -0.0100. The van der Waals surface area contributed by atoms with Crippen LogP contribution in [0.4, 0.5) is 0 Å².